The van der Waals surface area contributed by atoms with Crippen LogP contribution in [0.5, 0.6) is 0 Å². The summed E-state index contributed by atoms with van der Waals surface area (Å²) in [5.74, 6) is 0. The van der Waals surface area contributed by atoms with E-state index in [0.717, 1.165) is 24.3 Å². The van der Waals surface area contributed by atoms with E-state index in [-0.39, 0.29) is 53.8 Å². The van der Waals surface area contributed by atoms with Crippen LogP contribution in [-0.4, -0.2) is 0 Å². The molecule has 0 aromatic heterocycles. The molecule has 6 nitrogen and oxygen atoms in total. The average molecular weight is 516 g/mol. The summed E-state index contributed by atoms with van der Waals surface area (Å²) in [5, 5.41) is 37.9. The molecule has 12 heteroatoms. The number of benzene rings is 3. The molecule has 0 radical (unpaired) electrons. The van der Waals surface area contributed by atoms with E-state index < -0.39 is 34.6 Å². The number of halogens is 6. The zero-order valence-corrected chi connectivity index (χ0v) is 18.4. The Morgan fingerprint density at radius 1 is 0.553 bits per heavy atom. The smallest absolute Gasteiger partial charge is 0.192 e. The monoisotopic (exact) mass is 516 g/mol. The number of alkyl halides is 6. The Bertz CT molecular complexity index is 2130. The molecule has 0 saturated carbocycles. The Hall–Kier alpha value is -5.46. The molecule has 0 aliphatic heterocycles. The van der Waals surface area contributed by atoms with E-state index in [1.165, 1.54) is 30.6 Å². The summed E-state index contributed by atoms with van der Waals surface area (Å²) >= 11 is 0. The number of hydrogen-bond donors (Lipinski definition) is 0. The van der Waals surface area contributed by atoms with Crippen LogP contribution in [0.4, 0.5) is 26.3 Å². The molecule has 0 spiro atoms. The van der Waals surface area contributed by atoms with Gasteiger partial charge in [-0.1, -0.05) is 6.07 Å². The quantitative estimate of drug-likeness (QED) is 0.193. The predicted molar refractivity (Wildman–Crippen MR) is 121 cm³/mol. The molecule has 182 valence electrons. The van der Waals surface area contributed by atoms with Crippen molar-refractivity contribution >= 4 is 43.1 Å². The Morgan fingerprint density at radius 2 is 1.08 bits per heavy atom. The van der Waals surface area contributed by atoms with E-state index in [4.69, 9.17) is 0 Å². The standard InChI is InChI=1S/C26H6F6N6/c27-25(28,29)20-2-1-12-14-4-15-13-3-11(7-33)21(26(30,31)32)6-18(13)23(37-9-35)16(15)5-17(14)24(38-10-36)22(12)19(20)8-34/h1-6H. The van der Waals surface area contributed by atoms with E-state index in [1.54, 1.807) is 6.07 Å². The van der Waals surface area contributed by atoms with Gasteiger partial charge in [0.2, 0.25) is 12.4 Å². The van der Waals surface area contributed by atoms with Gasteiger partial charge in [0.15, 0.2) is 0 Å². The Kier molecular flexibility index (Phi) is 5.12. The molecule has 0 bridgehead atoms. The fraction of sp³-hybridized carbons (Fsp3) is 0.0769. The second-order valence-corrected chi connectivity index (χ2v) is 8.14. The fourth-order valence-electron chi connectivity index (χ4n) is 4.82. The van der Waals surface area contributed by atoms with Crippen molar-refractivity contribution in [3.05, 3.63) is 69.4 Å². The number of hydrogen-bond acceptors (Lipinski definition) is 6. The molecule has 0 unspecified atom stereocenters. The van der Waals surface area contributed by atoms with Crippen LogP contribution < -0.4 is 10.7 Å². The van der Waals surface area contributed by atoms with Crippen LogP contribution in [0.2, 0.25) is 0 Å². The lowest BCUT2D eigenvalue weighted by atomic mass is 10.0. The third kappa shape index (κ3) is 3.32. The average Bonchev–Trinajstić information content (AvgIpc) is 3.32. The van der Waals surface area contributed by atoms with Gasteiger partial charge in [0.1, 0.15) is 6.07 Å². The van der Waals surface area contributed by atoms with Gasteiger partial charge in [0, 0.05) is 21.5 Å². The normalized spacial score (nSPS) is 13.2. The van der Waals surface area contributed by atoms with Crippen LogP contribution in [0, 0.1) is 45.6 Å². The Labute approximate surface area is 207 Å². The number of nitriles is 4. The van der Waals surface area contributed by atoms with Crippen LogP contribution in [0.3, 0.4) is 0 Å². The molecular weight excluding hydrogens is 510 g/mol. The van der Waals surface area contributed by atoms with Crippen LogP contribution >= 0.6 is 0 Å². The summed E-state index contributed by atoms with van der Waals surface area (Å²) in [6, 6.07) is 9.44. The molecule has 0 N–H and O–H groups in total. The van der Waals surface area contributed by atoms with Crippen molar-refractivity contribution in [3.63, 3.8) is 0 Å². The molecule has 0 heterocycles. The van der Waals surface area contributed by atoms with Gasteiger partial charge in [-0.15, -0.1) is 0 Å². The summed E-state index contributed by atoms with van der Waals surface area (Å²) in [5.41, 5.74) is -3.86. The number of nitrogens with zero attached hydrogens (tertiary/aromatic N) is 6. The molecule has 38 heavy (non-hydrogen) atoms. The molecule has 0 saturated heterocycles. The maximum atomic E-state index is 13.6. The molecule has 5 aromatic rings. The van der Waals surface area contributed by atoms with E-state index in [0.29, 0.717) is 0 Å². The lowest BCUT2D eigenvalue weighted by molar-refractivity contribution is -0.138. The minimum absolute atomic E-state index is 0.0688. The topological polar surface area (TPSA) is 120 Å². The van der Waals surface area contributed by atoms with Crippen LogP contribution in [0.15, 0.2) is 46.4 Å². The third-order valence-corrected chi connectivity index (χ3v) is 6.27. The molecule has 0 aliphatic carbocycles. The van der Waals surface area contributed by atoms with E-state index in [1.807, 2.05) is 0 Å². The van der Waals surface area contributed by atoms with Crippen LogP contribution in [-0.2, 0) is 12.4 Å². The zero-order valence-electron chi connectivity index (χ0n) is 18.4. The maximum absolute atomic E-state index is 13.6. The van der Waals surface area contributed by atoms with Crippen LogP contribution in [0.1, 0.15) is 22.3 Å². The highest BCUT2D eigenvalue weighted by atomic mass is 19.4. The molecule has 5 aromatic carbocycles. The first kappa shape index (κ1) is 24.2. The minimum Gasteiger partial charge on any atom is -0.192 e. The third-order valence-electron chi connectivity index (χ3n) is 6.27. The van der Waals surface area contributed by atoms with Crippen LogP contribution in [0.25, 0.3) is 43.1 Å². The van der Waals surface area contributed by atoms with Gasteiger partial charge in [-0.05, 0) is 51.9 Å². The largest absolute Gasteiger partial charge is 0.417 e. The maximum Gasteiger partial charge on any atom is 0.417 e. The Balaban J connectivity index is 2.08. The second kappa shape index (κ2) is 8.03. The molecule has 0 aliphatic rings. The van der Waals surface area contributed by atoms with Gasteiger partial charge in [-0.3, -0.25) is 0 Å². The first-order valence-electron chi connectivity index (χ1n) is 10.4. The van der Waals surface area contributed by atoms with E-state index in [9.17, 15) is 47.4 Å². The molecule has 5 rings (SSSR count). The molecular formula is C26H6F6N6. The summed E-state index contributed by atoms with van der Waals surface area (Å²) in [6.45, 7) is 0. The van der Waals surface area contributed by atoms with Crippen molar-refractivity contribution < 1.29 is 26.3 Å². The van der Waals surface area contributed by atoms with E-state index >= 15 is 0 Å². The number of fused-ring (bicyclic) bond motifs is 6. The molecule has 0 amide bonds. The minimum atomic E-state index is -4.87. The van der Waals surface area contributed by atoms with Crippen molar-refractivity contribution in [2.24, 2.45) is 9.98 Å². The lowest BCUT2D eigenvalue weighted by Gasteiger charge is -2.09. The summed E-state index contributed by atoms with van der Waals surface area (Å²) in [4.78, 5) is 7.34. The predicted octanol–water partition coefficient (Wildman–Crippen LogP) is 5.72. The number of rotatable bonds is 0. The highest BCUT2D eigenvalue weighted by Crippen LogP contribution is 2.40. The highest BCUT2D eigenvalue weighted by Gasteiger charge is 2.36. The molecule has 0 atom stereocenters. The SMILES string of the molecule is N#CN=c1c2cc(C(F)(F)F)c(C#N)cc2c2cc3c(cc12)c(=NC#N)c1c(C#N)c(C(F)(F)F)ccc13. The fourth-order valence-corrected chi connectivity index (χ4v) is 4.82. The summed E-state index contributed by atoms with van der Waals surface area (Å²) in [6.07, 6.45) is -6.69. The second-order valence-electron chi connectivity index (χ2n) is 8.14. The van der Waals surface area contributed by atoms with Crippen molar-refractivity contribution in [1.29, 1.82) is 21.0 Å². The highest BCUT2D eigenvalue weighted by molar-refractivity contribution is 6.22. The van der Waals surface area contributed by atoms with Gasteiger partial charge in [-0.2, -0.15) is 57.4 Å². The van der Waals surface area contributed by atoms with Gasteiger partial charge in [-0.25, -0.2) is 0 Å². The van der Waals surface area contributed by atoms with Gasteiger partial charge < -0.3 is 0 Å². The van der Waals surface area contributed by atoms with Gasteiger partial charge in [0.05, 0.1) is 39.0 Å². The van der Waals surface area contributed by atoms with Crippen molar-refractivity contribution in [3.8, 4) is 24.5 Å². The zero-order chi connectivity index (χ0) is 27.6. The van der Waals surface area contributed by atoms with Gasteiger partial charge >= 0.3 is 12.4 Å². The van der Waals surface area contributed by atoms with Gasteiger partial charge in [0.25, 0.3) is 0 Å². The van der Waals surface area contributed by atoms with Crippen molar-refractivity contribution in [1.82, 2.24) is 0 Å². The summed E-state index contributed by atoms with van der Waals surface area (Å²) in [7, 11) is 0. The Morgan fingerprint density at radius 3 is 1.66 bits per heavy atom. The first-order chi connectivity index (χ1) is 18.0. The van der Waals surface area contributed by atoms with E-state index in [2.05, 4.69) is 9.98 Å². The first-order valence-corrected chi connectivity index (χ1v) is 10.4. The van der Waals surface area contributed by atoms with Crippen molar-refractivity contribution in [2.45, 2.75) is 12.4 Å². The lowest BCUT2D eigenvalue weighted by Crippen LogP contribution is -2.10. The molecule has 0 fully saturated rings. The summed E-state index contributed by atoms with van der Waals surface area (Å²) < 4.78 is 81.7. The van der Waals surface area contributed by atoms with Crippen molar-refractivity contribution in [2.75, 3.05) is 0 Å².